The molecule has 1 heterocycles. The number of carbonyl (C=O) groups is 1. The molecule has 0 aliphatic carbocycles. The number of carbonyl (C=O) groups excluding carboxylic acids is 1. The molecular weight excluding hydrogens is 225 g/mol. The van der Waals surface area contributed by atoms with Crippen molar-refractivity contribution in [1.29, 1.82) is 0 Å². The first kappa shape index (κ1) is 13.6. The zero-order valence-corrected chi connectivity index (χ0v) is 11.4. The Hall–Kier alpha value is -0.440. The van der Waals surface area contributed by atoms with Gasteiger partial charge in [0.05, 0.1) is 12.2 Å². The second-order valence-corrected chi connectivity index (χ2v) is 4.68. The molecule has 0 N–H and O–H groups in total. The summed E-state index contributed by atoms with van der Waals surface area (Å²) in [6, 6.07) is 0. The lowest BCUT2D eigenvalue weighted by Gasteiger charge is -2.17. The molecule has 0 radical (unpaired) electrons. The molecule has 1 rings (SSSR count). The van der Waals surface area contributed by atoms with Gasteiger partial charge in [-0.3, -0.25) is 4.79 Å². The quantitative estimate of drug-likeness (QED) is 0.551. The highest BCUT2D eigenvalue weighted by atomic mass is 31.0. The molecule has 0 aromatic rings. The average molecular weight is 245 g/mol. The number of hydrogen-bond acceptors (Lipinski definition) is 4. The third-order valence-electron chi connectivity index (χ3n) is 2.89. The first-order valence-corrected chi connectivity index (χ1v) is 5.84. The molecule has 0 bridgehead atoms. The number of rotatable bonds is 4. The van der Waals surface area contributed by atoms with Crippen molar-refractivity contribution in [2.75, 3.05) is 14.1 Å². The molecule has 1 unspecified atom stereocenters. The van der Waals surface area contributed by atoms with Gasteiger partial charge in [-0.25, -0.2) is 0 Å². The predicted molar refractivity (Wildman–Crippen MR) is 65.9 cm³/mol. The maximum absolute atomic E-state index is 11.9. The molecule has 0 aromatic carbocycles. The van der Waals surface area contributed by atoms with E-state index in [0.29, 0.717) is 0 Å². The molecule has 0 spiro atoms. The molecule has 1 aliphatic rings. The smallest absolute Gasteiger partial charge is 0.188 e. The minimum Gasteiger partial charge on any atom is -0.383 e. The van der Waals surface area contributed by atoms with Crippen LogP contribution in [0.25, 0.3) is 0 Å². The molecule has 1 fully saturated rings. The second-order valence-electron chi connectivity index (χ2n) is 4.40. The van der Waals surface area contributed by atoms with Gasteiger partial charge in [0.15, 0.2) is 5.78 Å². The molecule has 5 heteroatoms. The Labute approximate surface area is 99.3 Å². The van der Waals surface area contributed by atoms with Gasteiger partial charge in [0.25, 0.3) is 0 Å². The fourth-order valence-electron chi connectivity index (χ4n) is 1.72. The molecule has 0 amide bonds. The fourth-order valence-corrected chi connectivity index (χ4v) is 2.11. The van der Waals surface area contributed by atoms with Gasteiger partial charge < -0.3 is 14.2 Å². The number of ketones is 1. The second kappa shape index (κ2) is 5.76. The van der Waals surface area contributed by atoms with Crippen LogP contribution in [-0.2, 0) is 14.1 Å². The minimum atomic E-state index is -0.487. The van der Waals surface area contributed by atoms with Gasteiger partial charge in [-0.2, -0.15) is 0 Å². The molecule has 5 atom stereocenters. The minimum absolute atomic E-state index is 0.0441. The van der Waals surface area contributed by atoms with Crippen molar-refractivity contribution < 1.29 is 14.1 Å². The van der Waals surface area contributed by atoms with Crippen molar-refractivity contribution in [3.05, 3.63) is 12.3 Å². The van der Waals surface area contributed by atoms with Crippen LogP contribution < -0.4 is 0 Å². The van der Waals surface area contributed by atoms with E-state index >= 15 is 0 Å². The Balaban J connectivity index is 2.69. The lowest BCUT2D eigenvalue weighted by molar-refractivity contribution is -0.127. The molecule has 92 valence electrons. The Kier molecular flexibility index (Phi) is 4.90. The summed E-state index contributed by atoms with van der Waals surface area (Å²) in [7, 11) is 5.96. The van der Waals surface area contributed by atoms with E-state index < -0.39 is 6.10 Å². The Morgan fingerprint density at radius 1 is 1.44 bits per heavy atom. The van der Waals surface area contributed by atoms with Gasteiger partial charge in [-0.05, 0) is 13.0 Å². The average Bonchev–Trinajstić information content (AvgIpc) is 2.52. The van der Waals surface area contributed by atoms with Gasteiger partial charge in [0.1, 0.15) is 6.10 Å². The summed E-state index contributed by atoms with van der Waals surface area (Å²) in [5.41, 5.74) is 0. The summed E-state index contributed by atoms with van der Waals surface area (Å²) < 4.78 is 10.9. The molecule has 16 heavy (non-hydrogen) atoms. The molecule has 1 aliphatic heterocycles. The lowest BCUT2D eigenvalue weighted by Crippen LogP contribution is -2.32. The van der Waals surface area contributed by atoms with Crippen LogP contribution in [0.15, 0.2) is 12.3 Å². The van der Waals surface area contributed by atoms with Crippen molar-refractivity contribution in [3.63, 3.8) is 0 Å². The summed E-state index contributed by atoms with van der Waals surface area (Å²) in [4.78, 5) is 13.7. The third-order valence-corrected chi connectivity index (χ3v) is 3.21. The summed E-state index contributed by atoms with van der Waals surface area (Å²) in [5.74, 6) is 0.177. The van der Waals surface area contributed by atoms with Crippen LogP contribution in [0.3, 0.4) is 0 Å². The van der Waals surface area contributed by atoms with Gasteiger partial charge in [-0.1, -0.05) is 6.92 Å². The first-order valence-electron chi connectivity index (χ1n) is 5.36. The highest BCUT2D eigenvalue weighted by molar-refractivity contribution is 7.09. The van der Waals surface area contributed by atoms with E-state index in [1.807, 2.05) is 32.8 Å². The van der Waals surface area contributed by atoms with E-state index in [9.17, 15) is 4.79 Å². The van der Waals surface area contributed by atoms with E-state index in [4.69, 9.17) is 9.26 Å². The van der Waals surface area contributed by atoms with Crippen molar-refractivity contribution in [3.8, 4) is 0 Å². The largest absolute Gasteiger partial charge is 0.383 e. The van der Waals surface area contributed by atoms with Gasteiger partial charge in [0, 0.05) is 35.7 Å². The van der Waals surface area contributed by atoms with E-state index in [-0.39, 0.29) is 23.9 Å². The summed E-state index contributed by atoms with van der Waals surface area (Å²) in [6.07, 6.45) is 2.64. The van der Waals surface area contributed by atoms with Crippen molar-refractivity contribution >= 4 is 15.2 Å². The van der Waals surface area contributed by atoms with E-state index in [1.54, 1.807) is 6.20 Å². The molecule has 0 saturated carbocycles. The van der Waals surface area contributed by atoms with Crippen LogP contribution in [0.2, 0.25) is 0 Å². The fraction of sp³-hybridized carbons (Fsp3) is 0.727. The Morgan fingerprint density at radius 2 is 2.06 bits per heavy atom. The molecule has 0 aromatic heterocycles. The maximum Gasteiger partial charge on any atom is 0.188 e. The predicted octanol–water partition coefficient (Wildman–Crippen LogP) is 1.23. The van der Waals surface area contributed by atoms with Crippen LogP contribution in [0.1, 0.15) is 13.8 Å². The summed E-state index contributed by atoms with van der Waals surface area (Å²) in [5, 5.41) is 0. The van der Waals surface area contributed by atoms with E-state index in [0.717, 1.165) is 0 Å². The maximum atomic E-state index is 11.9. The van der Waals surface area contributed by atoms with Crippen molar-refractivity contribution in [1.82, 2.24) is 4.90 Å². The summed E-state index contributed by atoms with van der Waals surface area (Å²) in [6.45, 7) is 3.99. The van der Waals surface area contributed by atoms with E-state index in [2.05, 4.69) is 9.47 Å². The van der Waals surface area contributed by atoms with Crippen LogP contribution in [-0.4, -0.2) is 43.1 Å². The van der Waals surface area contributed by atoms with Gasteiger partial charge in [0.2, 0.25) is 0 Å². The zero-order valence-electron chi connectivity index (χ0n) is 10.2. The van der Waals surface area contributed by atoms with Crippen LogP contribution in [0, 0.1) is 5.92 Å². The highest BCUT2D eigenvalue weighted by Crippen LogP contribution is 2.31. The summed E-state index contributed by atoms with van der Waals surface area (Å²) >= 11 is 0. The first-order chi connectivity index (χ1) is 7.47. The van der Waals surface area contributed by atoms with Crippen LogP contribution in [0.5, 0.6) is 0 Å². The molecule has 1 saturated heterocycles. The number of ether oxygens (including phenoxy) is 1. The Morgan fingerprint density at radius 3 is 2.56 bits per heavy atom. The third kappa shape index (κ3) is 3.03. The zero-order chi connectivity index (χ0) is 12.3. The van der Waals surface area contributed by atoms with Crippen molar-refractivity contribution in [2.24, 2.45) is 5.92 Å². The Bertz CT molecular complexity index is 280. The standard InChI is InChI=1S/C11H20NO3P/c1-7-8(2)14-11(10(7)15-16)9(13)5-6-12(3)4/h5-8,10-11H,16H2,1-4H3/t7-,8-,10-,11+/m0/s1. The monoisotopic (exact) mass is 245 g/mol. The number of hydrogen-bond donors (Lipinski definition) is 0. The van der Waals surface area contributed by atoms with Crippen molar-refractivity contribution in [2.45, 2.75) is 32.2 Å². The number of nitrogens with zero attached hydrogens (tertiary/aromatic N) is 1. The SMILES string of the molecule is C[C@@H]1[C@H](OP)[C@@H](C(=O)C=CN(C)C)O[C@H]1C. The molecular formula is C11H20NO3P. The molecule has 4 nitrogen and oxygen atoms in total. The van der Waals surface area contributed by atoms with Crippen LogP contribution >= 0.6 is 9.47 Å². The highest BCUT2D eigenvalue weighted by Gasteiger charge is 2.42. The van der Waals surface area contributed by atoms with Gasteiger partial charge >= 0.3 is 0 Å². The topological polar surface area (TPSA) is 38.8 Å². The normalized spacial score (nSPS) is 34.6. The lowest BCUT2D eigenvalue weighted by atomic mass is 9.97. The van der Waals surface area contributed by atoms with Crippen LogP contribution in [0.4, 0.5) is 0 Å². The van der Waals surface area contributed by atoms with Gasteiger partial charge in [-0.15, -0.1) is 0 Å². The van der Waals surface area contributed by atoms with E-state index in [1.165, 1.54) is 6.08 Å².